The van der Waals surface area contributed by atoms with E-state index in [0.717, 1.165) is 5.75 Å². The van der Waals surface area contributed by atoms with Crippen molar-refractivity contribution in [3.63, 3.8) is 0 Å². The molecule has 2 aromatic rings. The van der Waals surface area contributed by atoms with Crippen LogP contribution in [0.5, 0.6) is 5.75 Å². The van der Waals surface area contributed by atoms with Gasteiger partial charge in [-0.25, -0.2) is 0 Å². The van der Waals surface area contributed by atoms with Gasteiger partial charge in [-0.1, -0.05) is 5.16 Å². The van der Waals surface area contributed by atoms with E-state index < -0.39 is 0 Å². The van der Waals surface area contributed by atoms with Crippen molar-refractivity contribution in [1.82, 2.24) is 5.16 Å². The van der Waals surface area contributed by atoms with Gasteiger partial charge in [-0.3, -0.25) is 4.79 Å². The predicted molar refractivity (Wildman–Crippen MR) is 76.1 cm³/mol. The largest absolute Gasteiger partial charge is 0.491 e. The van der Waals surface area contributed by atoms with E-state index in [9.17, 15) is 4.79 Å². The molecule has 1 aromatic heterocycles. The minimum Gasteiger partial charge on any atom is -0.491 e. The van der Waals surface area contributed by atoms with Crippen molar-refractivity contribution in [3.05, 3.63) is 41.3 Å². The van der Waals surface area contributed by atoms with E-state index in [0.29, 0.717) is 22.7 Å². The molecule has 106 valence electrons. The molecule has 20 heavy (non-hydrogen) atoms. The number of hydrogen-bond donors (Lipinski definition) is 1. The number of carbonyl (C=O) groups is 1. The van der Waals surface area contributed by atoms with Crippen LogP contribution in [0.1, 0.15) is 35.7 Å². The summed E-state index contributed by atoms with van der Waals surface area (Å²) in [5.74, 6) is 1.06. The number of benzene rings is 1. The van der Waals surface area contributed by atoms with Crippen molar-refractivity contribution in [2.45, 2.75) is 33.8 Å². The van der Waals surface area contributed by atoms with Gasteiger partial charge >= 0.3 is 0 Å². The SMILES string of the molecule is Cc1noc(C)c1C(=O)Nc1ccc(OC(C)C)cc1. The summed E-state index contributed by atoms with van der Waals surface area (Å²) in [5.41, 5.74) is 1.76. The normalized spacial score (nSPS) is 10.7. The van der Waals surface area contributed by atoms with Crippen molar-refractivity contribution in [3.8, 4) is 5.75 Å². The minimum atomic E-state index is -0.223. The first kappa shape index (κ1) is 14.1. The van der Waals surface area contributed by atoms with Crippen LogP contribution < -0.4 is 10.1 Å². The molecule has 1 amide bonds. The molecule has 0 aliphatic carbocycles. The van der Waals surface area contributed by atoms with E-state index in [1.807, 2.05) is 26.0 Å². The number of aryl methyl sites for hydroxylation is 2. The highest BCUT2D eigenvalue weighted by Crippen LogP contribution is 2.19. The predicted octanol–water partition coefficient (Wildman–Crippen LogP) is 3.33. The lowest BCUT2D eigenvalue weighted by molar-refractivity contribution is 0.102. The molecular formula is C15H18N2O3. The van der Waals surface area contributed by atoms with Gasteiger partial charge in [-0.15, -0.1) is 0 Å². The Labute approximate surface area is 117 Å². The Kier molecular flexibility index (Phi) is 4.08. The molecule has 0 bridgehead atoms. The number of carbonyl (C=O) groups excluding carboxylic acids is 1. The van der Waals surface area contributed by atoms with Gasteiger partial charge in [0.15, 0.2) is 0 Å². The summed E-state index contributed by atoms with van der Waals surface area (Å²) in [7, 11) is 0. The van der Waals surface area contributed by atoms with Gasteiger partial charge in [0.05, 0.1) is 11.8 Å². The molecule has 2 rings (SSSR count). The van der Waals surface area contributed by atoms with Crippen molar-refractivity contribution in [2.75, 3.05) is 5.32 Å². The summed E-state index contributed by atoms with van der Waals surface area (Å²) in [6.45, 7) is 7.39. The number of nitrogens with one attached hydrogen (secondary N) is 1. The van der Waals surface area contributed by atoms with Gasteiger partial charge < -0.3 is 14.6 Å². The molecule has 0 aliphatic heterocycles. The zero-order valence-electron chi connectivity index (χ0n) is 12.1. The molecule has 0 unspecified atom stereocenters. The van der Waals surface area contributed by atoms with Crippen LogP contribution in [0, 0.1) is 13.8 Å². The Hall–Kier alpha value is -2.30. The Balaban J connectivity index is 2.09. The van der Waals surface area contributed by atoms with Crippen molar-refractivity contribution in [1.29, 1.82) is 0 Å². The fourth-order valence-electron chi connectivity index (χ4n) is 1.89. The third kappa shape index (κ3) is 3.17. The molecule has 1 aromatic carbocycles. The molecule has 0 spiro atoms. The van der Waals surface area contributed by atoms with Crippen molar-refractivity contribution >= 4 is 11.6 Å². The number of amides is 1. The van der Waals surface area contributed by atoms with Crippen LogP contribution in [0.4, 0.5) is 5.69 Å². The summed E-state index contributed by atoms with van der Waals surface area (Å²) in [6.07, 6.45) is 0.123. The second-order valence-corrected chi connectivity index (χ2v) is 4.84. The Morgan fingerprint density at radius 2 is 1.90 bits per heavy atom. The van der Waals surface area contributed by atoms with Gasteiger partial charge in [-0.2, -0.15) is 0 Å². The van der Waals surface area contributed by atoms with Crippen LogP contribution in [0.2, 0.25) is 0 Å². The van der Waals surface area contributed by atoms with Gasteiger partial charge in [0.2, 0.25) is 0 Å². The van der Waals surface area contributed by atoms with Gasteiger partial charge in [0.1, 0.15) is 17.1 Å². The molecule has 0 aliphatic rings. The first-order chi connectivity index (χ1) is 9.47. The van der Waals surface area contributed by atoms with Gasteiger partial charge in [0, 0.05) is 5.69 Å². The van der Waals surface area contributed by atoms with E-state index >= 15 is 0 Å². The van der Waals surface area contributed by atoms with E-state index in [-0.39, 0.29) is 12.0 Å². The molecule has 1 N–H and O–H groups in total. The standard InChI is InChI=1S/C15H18N2O3/c1-9(2)19-13-7-5-12(6-8-13)16-15(18)14-10(3)17-20-11(14)4/h5-9H,1-4H3,(H,16,18). The summed E-state index contributed by atoms with van der Waals surface area (Å²) in [6, 6.07) is 7.24. The second-order valence-electron chi connectivity index (χ2n) is 4.84. The van der Waals surface area contributed by atoms with E-state index in [2.05, 4.69) is 10.5 Å². The Morgan fingerprint density at radius 1 is 1.25 bits per heavy atom. The zero-order valence-corrected chi connectivity index (χ0v) is 12.1. The maximum atomic E-state index is 12.1. The van der Waals surface area contributed by atoms with E-state index in [1.54, 1.807) is 26.0 Å². The lowest BCUT2D eigenvalue weighted by Crippen LogP contribution is -2.13. The average molecular weight is 274 g/mol. The Bertz CT molecular complexity index is 581. The zero-order chi connectivity index (χ0) is 14.7. The van der Waals surface area contributed by atoms with Crippen LogP contribution in [0.25, 0.3) is 0 Å². The highest BCUT2D eigenvalue weighted by atomic mass is 16.5. The van der Waals surface area contributed by atoms with Gasteiger partial charge in [0.25, 0.3) is 5.91 Å². The summed E-state index contributed by atoms with van der Waals surface area (Å²) in [5, 5.41) is 6.58. The summed E-state index contributed by atoms with van der Waals surface area (Å²) < 4.78 is 10.5. The summed E-state index contributed by atoms with van der Waals surface area (Å²) >= 11 is 0. The monoisotopic (exact) mass is 274 g/mol. The fraction of sp³-hybridized carbons (Fsp3) is 0.333. The molecule has 0 fully saturated rings. The number of nitrogens with zero attached hydrogens (tertiary/aromatic N) is 1. The van der Waals surface area contributed by atoms with Crippen LogP contribution in [-0.2, 0) is 0 Å². The first-order valence-electron chi connectivity index (χ1n) is 6.48. The number of anilines is 1. The molecule has 0 radical (unpaired) electrons. The molecule has 0 saturated carbocycles. The average Bonchev–Trinajstić information content (AvgIpc) is 2.71. The topological polar surface area (TPSA) is 64.4 Å². The smallest absolute Gasteiger partial charge is 0.261 e. The highest BCUT2D eigenvalue weighted by Gasteiger charge is 2.17. The maximum absolute atomic E-state index is 12.1. The molecule has 1 heterocycles. The summed E-state index contributed by atoms with van der Waals surface area (Å²) in [4.78, 5) is 12.1. The third-order valence-electron chi connectivity index (χ3n) is 2.74. The van der Waals surface area contributed by atoms with Crippen LogP contribution in [0.15, 0.2) is 28.8 Å². The van der Waals surface area contributed by atoms with E-state index in [4.69, 9.17) is 9.26 Å². The Morgan fingerprint density at radius 3 is 2.40 bits per heavy atom. The van der Waals surface area contributed by atoms with E-state index in [1.165, 1.54) is 0 Å². The number of rotatable bonds is 4. The third-order valence-corrected chi connectivity index (χ3v) is 2.74. The molecule has 0 saturated heterocycles. The molecular weight excluding hydrogens is 256 g/mol. The minimum absolute atomic E-state index is 0.123. The lowest BCUT2D eigenvalue weighted by atomic mass is 10.2. The van der Waals surface area contributed by atoms with Crippen LogP contribution in [0.3, 0.4) is 0 Å². The van der Waals surface area contributed by atoms with Crippen LogP contribution in [-0.4, -0.2) is 17.2 Å². The first-order valence-corrected chi connectivity index (χ1v) is 6.48. The number of hydrogen-bond acceptors (Lipinski definition) is 4. The second kappa shape index (κ2) is 5.77. The molecule has 0 atom stereocenters. The van der Waals surface area contributed by atoms with Crippen molar-refractivity contribution in [2.24, 2.45) is 0 Å². The quantitative estimate of drug-likeness (QED) is 0.928. The molecule has 5 heteroatoms. The molecule has 5 nitrogen and oxygen atoms in total. The van der Waals surface area contributed by atoms with Gasteiger partial charge in [-0.05, 0) is 52.0 Å². The highest BCUT2D eigenvalue weighted by molar-refractivity contribution is 6.05. The lowest BCUT2D eigenvalue weighted by Gasteiger charge is -2.10. The van der Waals surface area contributed by atoms with Crippen molar-refractivity contribution < 1.29 is 14.1 Å². The maximum Gasteiger partial charge on any atom is 0.261 e. The number of ether oxygens (including phenoxy) is 1. The number of aromatic nitrogens is 1. The van der Waals surface area contributed by atoms with Crippen LogP contribution >= 0.6 is 0 Å². The fourth-order valence-corrected chi connectivity index (χ4v) is 1.89.